The summed E-state index contributed by atoms with van der Waals surface area (Å²) < 4.78 is 10.9. The number of para-hydroxylation sites is 2. The van der Waals surface area contributed by atoms with Gasteiger partial charge >= 0.3 is 0 Å². The SMILES string of the molecule is CC(C)c1noc([C@H]2CCCN(C(=O)CN3C(=O)COc4ccccc43)C2)n1. The molecule has 4 rings (SSSR count). The number of aromatic nitrogens is 2. The third-order valence-corrected chi connectivity index (χ3v) is 5.20. The van der Waals surface area contributed by atoms with Gasteiger partial charge in [0.1, 0.15) is 12.3 Å². The lowest BCUT2D eigenvalue weighted by Crippen LogP contribution is -2.48. The van der Waals surface area contributed by atoms with Gasteiger partial charge in [0, 0.05) is 19.0 Å². The molecule has 1 saturated heterocycles. The highest BCUT2D eigenvalue weighted by Crippen LogP contribution is 2.32. The number of piperidine rings is 1. The number of anilines is 1. The highest BCUT2D eigenvalue weighted by atomic mass is 16.5. The average Bonchev–Trinajstić information content (AvgIpc) is 3.21. The molecule has 8 nitrogen and oxygen atoms in total. The molecule has 2 aliphatic rings. The Hall–Kier alpha value is -2.90. The molecular weight excluding hydrogens is 360 g/mol. The monoisotopic (exact) mass is 384 g/mol. The quantitative estimate of drug-likeness (QED) is 0.804. The fraction of sp³-hybridized carbons (Fsp3) is 0.500. The van der Waals surface area contributed by atoms with Crippen molar-refractivity contribution < 1.29 is 18.8 Å². The molecule has 1 aromatic heterocycles. The van der Waals surface area contributed by atoms with Crippen LogP contribution in [0.2, 0.25) is 0 Å². The molecule has 3 heterocycles. The molecule has 0 saturated carbocycles. The van der Waals surface area contributed by atoms with Crippen LogP contribution in [0.15, 0.2) is 28.8 Å². The molecule has 2 aliphatic heterocycles. The Balaban J connectivity index is 1.45. The fourth-order valence-electron chi connectivity index (χ4n) is 3.62. The van der Waals surface area contributed by atoms with Crippen LogP contribution in [0.25, 0.3) is 0 Å². The minimum absolute atomic E-state index is 0.00695. The zero-order valence-electron chi connectivity index (χ0n) is 16.1. The van der Waals surface area contributed by atoms with Gasteiger partial charge in [0.15, 0.2) is 12.4 Å². The van der Waals surface area contributed by atoms with E-state index in [-0.39, 0.29) is 36.8 Å². The van der Waals surface area contributed by atoms with Crippen LogP contribution in [0, 0.1) is 0 Å². The minimum atomic E-state index is -0.209. The van der Waals surface area contributed by atoms with Gasteiger partial charge in [-0.25, -0.2) is 0 Å². The summed E-state index contributed by atoms with van der Waals surface area (Å²) in [6.07, 6.45) is 1.77. The van der Waals surface area contributed by atoms with Gasteiger partial charge < -0.3 is 14.2 Å². The van der Waals surface area contributed by atoms with E-state index in [1.165, 1.54) is 4.90 Å². The van der Waals surface area contributed by atoms with Crippen molar-refractivity contribution >= 4 is 17.5 Å². The maximum atomic E-state index is 12.9. The zero-order chi connectivity index (χ0) is 19.7. The molecule has 1 aromatic carbocycles. The van der Waals surface area contributed by atoms with Crippen LogP contribution >= 0.6 is 0 Å². The summed E-state index contributed by atoms with van der Waals surface area (Å²) in [7, 11) is 0. The van der Waals surface area contributed by atoms with Crippen molar-refractivity contribution in [1.82, 2.24) is 15.0 Å². The molecule has 1 fully saturated rings. The number of carbonyl (C=O) groups is 2. The first kappa shape index (κ1) is 18.5. The van der Waals surface area contributed by atoms with Gasteiger partial charge in [-0.3, -0.25) is 14.5 Å². The second kappa shape index (κ2) is 7.61. The van der Waals surface area contributed by atoms with Crippen LogP contribution < -0.4 is 9.64 Å². The third kappa shape index (κ3) is 3.58. The zero-order valence-corrected chi connectivity index (χ0v) is 16.1. The van der Waals surface area contributed by atoms with Gasteiger partial charge in [-0.2, -0.15) is 4.98 Å². The first-order valence-electron chi connectivity index (χ1n) is 9.66. The second-order valence-electron chi connectivity index (χ2n) is 7.56. The Kier molecular flexibility index (Phi) is 5.02. The summed E-state index contributed by atoms with van der Waals surface area (Å²) in [5.74, 6) is 1.84. The summed E-state index contributed by atoms with van der Waals surface area (Å²) in [6.45, 7) is 5.18. The number of amides is 2. The van der Waals surface area contributed by atoms with E-state index in [0.717, 1.165) is 12.8 Å². The number of hydrogen-bond donors (Lipinski definition) is 0. The van der Waals surface area contributed by atoms with E-state index in [0.29, 0.717) is 36.2 Å². The number of benzene rings is 1. The van der Waals surface area contributed by atoms with Crippen molar-refractivity contribution in [3.63, 3.8) is 0 Å². The Morgan fingerprint density at radius 3 is 2.93 bits per heavy atom. The van der Waals surface area contributed by atoms with Crippen molar-refractivity contribution in [2.75, 3.05) is 31.1 Å². The molecule has 8 heteroatoms. The van der Waals surface area contributed by atoms with Crippen LogP contribution in [-0.2, 0) is 9.59 Å². The number of fused-ring (bicyclic) bond motifs is 1. The summed E-state index contributed by atoms with van der Waals surface area (Å²) in [5, 5.41) is 4.03. The number of hydrogen-bond acceptors (Lipinski definition) is 6. The van der Waals surface area contributed by atoms with Crippen LogP contribution in [0.1, 0.15) is 50.2 Å². The number of nitrogens with zero attached hydrogens (tertiary/aromatic N) is 4. The Morgan fingerprint density at radius 2 is 2.14 bits per heavy atom. The standard InChI is InChI=1S/C20H24N4O4/c1-13(2)19-21-20(28-22-19)14-6-5-9-23(10-14)17(25)11-24-15-7-3-4-8-16(15)27-12-18(24)26/h3-4,7-8,13-14H,5-6,9-12H2,1-2H3/t14-/m0/s1. The van der Waals surface area contributed by atoms with E-state index in [1.807, 2.05) is 26.0 Å². The Labute approximate surface area is 163 Å². The molecule has 148 valence electrons. The maximum absolute atomic E-state index is 12.9. The predicted octanol–water partition coefficient (Wildman–Crippen LogP) is 2.32. The van der Waals surface area contributed by atoms with Crippen LogP contribution in [-0.4, -0.2) is 53.1 Å². The van der Waals surface area contributed by atoms with Crippen molar-refractivity contribution in [3.8, 4) is 5.75 Å². The van der Waals surface area contributed by atoms with Gasteiger partial charge in [0.2, 0.25) is 11.8 Å². The molecule has 0 spiro atoms. The number of likely N-dealkylation sites (tertiary alicyclic amines) is 1. The van der Waals surface area contributed by atoms with Crippen molar-refractivity contribution in [3.05, 3.63) is 36.0 Å². The topological polar surface area (TPSA) is 88.8 Å². The van der Waals surface area contributed by atoms with Crippen LogP contribution in [0.3, 0.4) is 0 Å². The third-order valence-electron chi connectivity index (χ3n) is 5.20. The average molecular weight is 384 g/mol. The first-order chi connectivity index (χ1) is 13.5. The van der Waals surface area contributed by atoms with Crippen molar-refractivity contribution in [2.45, 2.75) is 38.5 Å². The molecular formula is C20H24N4O4. The lowest BCUT2D eigenvalue weighted by atomic mass is 9.98. The van der Waals surface area contributed by atoms with Crippen LogP contribution in [0.4, 0.5) is 5.69 Å². The van der Waals surface area contributed by atoms with Gasteiger partial charge in [0.25, 0.3) is 5.91 Å². The Bertz CT molecular complexity index is 879. The number of ether oxygens (including phenoxy) is 1. The molecule has 0 bridgehead atoms. The summed E-state index contributed by atoms with van der Waals surface area (Å²) in [6, 6.07) is 7.28. The lowest BCUT2D eigenvalue weighted by molar-refractivity contribution is -0.133. The van der Waals surface area contributed by atoms with Crippen LogP contribution in [0.5, 0.6) is 5.75 Å². The molecule has 0 unspecified atom stereocenters. The first-order valence-corrected chi connectivity index (χ1v) is 9.66. The molecule has 0 aliphatic carbocycles. The molecule has 0 N–H and O–H groups in total. The van der Waals surface area contributed by atoms with Gasteiger partial charge in [0.05, 0.1) is 11.6 Å². The van der Waals surface area contributed by atoms with Crippen molar-refractivity contribution in [2.24, 2.45) is 0 Å². The number of carbonyl (C=O) groups excluding carboxylic acids is 2. The predicted molar refractivity (Wildman–Crippen MR) is 101 cm³/mol. The second-order valence-corrected chi connectivity index (χ2v) is 7.56. The van der Waals surface area contributed by atoms with Gasteiger partial charge in [-0.15, -0.1) is 0 Å². The molecule has 2 aromatic rings. The molecule has 2 amide bonds. The fourth-order valence-corrected chi connectivity index (χ4v) is 3.62. The normalized spacial score (nSPS) is 19.5. The Morgan fingerprint density at radius 1 is 1.32 bits per heavy atom. The highest BCUT2D eigenvalue weighted by molar-refractivity contribution is 6.02. The largest absolute Gasteiger partial charge is 0.482 e. The highest BCUT2D eigenvalue weighted by Gasteiger charge is 2.32. The summed E-state index contributed by atoms with van der Waals surface area (Å²) >= 11 is 0. The van der Waals surface area contributed by atoms with E-state index in [4.69, 9.17) is 9.26 Å². The van der Waals surface area contributed by atoms with Crippen molar-refractivity contribution in [1.29, 1.82) is 0 Å². The molecule has 0 radical (unpaired) electrons. The van der Waals surface area contributed by atoms with E-state index in [1.54, 1.807) is 17.0 Å². The lowest BCUT2D eigenvalue weighted by Gasteiger charge is -2.34. The molecule has 28 heavy (non-hydrogen) atoms. The van der Waals surface area contributed by atoms with E-state index in [2.05, 4.69) is 10.1 Å². The summed E-state index contributed by atoms with van der Waals surface area (Å²) in [4.78, 5) is 33.0. The minimum Gasteiger partial charge on any atom is -0.482 e. The van der Waals surface area contributed by atoms with Gasteiger partial charge in [-0.1, -0.05) is 31.1 Å². The van der Waals surface area contributed by atoms with Gasteiger partial charge in [-0.05, 0) is 25.0 Å². The maximum Gasteiger partial charge on any atom is 0.265 e. The van der Waals surface area contributed by atoms with E-state index >= 15 is 0 Å². The summed E-state index contributed by atoms with van der Waals surface area (Å²) in [5.41, 5.74) is 0.638. The number of rotatable bonds is 4. The van der Waals surface area contributed by atoms with E-state index < -0.39 is 0 Å². The smallest absolute Gasteiger partial charge is 0.265 e. The van der Waals surface area contributed by atoms with E-state index in [9.17, 15) is 9.59 Å². The molecule has 1 atom stereocenters.